The molecule has 3 aromatic heterocycles. The number of anilines is 2. The summed E-state index contributed by atoms with van der Waals surface area (Å²) in [7, 11) is 0. The highest BCUT2D eigenvalue weighted by atomic mass is 16.1. The molecule has 3 heterocycles. The number of aryl methyl sites for hydroxylation is 1. The van der Waals surface area contributed by atoms with E-state index in [2.05, 4.69) is 20.3 Å². The van der Waals surface area contributed by atoms with Gasteiger partial charge in [0, 0.05) is 18.4 Å². The van der Waals surface area contributed by atoms with Gasteiger partial charge in [-0.3, -0.25) is 4.57 Å². The number of nitrogens with one attached hydrogen (secondary N) is 2. The second-order valence-corrected chi connectivity index (χ2v) is 6.48. The maximum absolute atomic E-state index is 12.9. The van der Waals surface area contributed by atoms with Gasteiger partial charge in [0.1, 0.15) is 0 Å². The number of fused-ring (bicyclic) bond motifs is 2. The molecule has 5 rings (SSSR count). The molecule has 5 aromatic rings. The molecule has 7 nitrogen and oxygen atoms in total. The van der Waals surface area contributed by atoms with Gasteiger partial charge in [-0.2, -0.15) is 0 Å². The normalized spacial score (nSPS) is 11.3. The van der Waals surface area contributed by atoms with Crippen LogP contribution < -0.4 is 11.0 Å². The zero-order chi connectivity index (χ0) is 19.1. The van der Waals surface area contributed by atoms with E-state index < -0.39 is 0 Å². The summed E-state index contributed by atoms with van der Waals surface area (Å²) in [5.74, 6) is 0.676. The van der Waals surface area contributed by atoms with Crippen molar-refractivity contribution < 1.29 is 0 Å². The minimum absolute atomic E-state index is 0.0887. The van der Waals surface area contributed by atoms with Gasteiger partial charge in [0.05, 0.1) is 22.2 Å². The van der Waals surface area contributed by atoms with Gasteiger partial charge in [-0.1, -0.05) is 12.1 Å². The second-order valence-electron chi connectivity index (χ2n) is 6.48. The second kappa shape index (κ2) is 6.38. The Morgan fingerprint density at radius 1 is 1.04 bits per heavy atom. The van der Waals surface area contributed by atoms with Crippen LogP contribution in [0.2, 0.25) is 0 Å². The highest BCUT2D eigenvalue weighted by molar-refractivity contribution is 5.78. The van der Waals surface area contributed by atoms with Crippen molar-refractivity contribution in [2.45, 2.75) is 13.5 Å². The van der Waals surface area contributed by atoms with E-state index in [0.717, 1.165) is 27.9 Å². The third-order valence-corrected chi connectivity index (χ3v) is 4.78. The Bertz CT molecular complexity index is 1310. The van der Waals surface area contributed by atoms with Gasteiger partial charge in [-0.05, 0) is 55.5 Å². The fourth-order valence-corrected chi connectivity index (χ4v) is 3.47. The van der Waals surface area contributed by atoms with Crippen LogP contribution in [-0.4, -0.2) is 24.1 Å². The van der Waals surface area contributed by atoms with Gasteiger partial charge in [0.25, 0.3) is 0 Å². The fourth-order valence-electron chi connectivity index (χ4n) is 3.47. The quantitative estimate of drug-likeness (QED) is 0.504. The Labute approximate surface area is 160 Å². The third-order valence-electron chi connectivity index (χ3n) is 4.78. The number of imidazole rings is 2. The molecule has 0 aliphatic heterocycles. The number of benzene rings is 2. The van der Waals surface area contributed by atoms with Gasteiger partial charge >= 0.3 is 5.69 Å². The first kappa shape index (κ1) is 16.3. The standard InChI is InChI=1S/C21H18N6O/c1-2-26-18-8-5-13-22-19(18)27(21(26)28)15-11-9-14(10-12-15)23-20-24-16-6-3-4-7-17(16)25-20/h3-13H,2H2,1H3,(H2,23,24,25). The summed E-state index contributed by atoms with van der Waals surface area (Å²) in [6, 6.07) is 19.3. The van der Waals surface area contributed by atoms with E-state index in [1.165, 1.54) is 0 Å². The summed E-state index contributed by atoms with van der Waals surface area (Å²) in [5.41, 5.74) is 4.94. The molecule has 0 saturated carbocycles. The summed E-state index contributed by atoms with van der Waals surface area (Å²) < 4.78 is 3.37. The first-order valence-corrected chi connectivity index (χ1v) is 9.13. The van der Waals surface area contributed by atoms with E-state index in [1.54, 1.807) is 15.3 Å². The molecule has 0 spiro atoms. The average molecular weight is 370 g/mol. The van der Waals surface area contributed by atoms with Crippen molar-refractivity contribution in [2.75, 3.05) is 5.32 Å². The first-order valence-electron chi connectivity index (χ1n) is 9.13. The van der Waals surface area contributed by atoms with Crippen LogP contribution in [0.3, 0.4) is 0 Å². The molecule has 0 radical (unpaired) electrons. The van der Waals surface area contributed by atoms with Crippen LogP contribution in [-0.2, 0) is 6.54 Å². The van der Waals surface area contributed by atoms with Crippen molar-refractivity contribution >= 4 is 33.8 Å². The number of aromatic nitrogens is 5. The molecule has 0 fully saturated rings. The summed E-state index contributed by atoms with van der Waals surface area (Å²) in [6.45, 7) is 2.55. The van der Waals surface area contributed by atoms with E-state index in [0.29, 0.717) is 18.1 Å². The summed E-state index contributed by atoms with van der Waals surface area (Å²) in [5, 5.41) is 3.27. The van der Waals surface area contributed by atoms with Crippen LogP contribution >= 0.6 is 0 Å². The number of nitrogens with zero attached hydrogens (tertiary/aromatic N) is 4. The number of hydrogen-bond donors (Lipinski definition) is 2. The number of pyridine rings is 1. The molecular weight excluding hydrogens is 352 g/mol. The van der Waals surface area contributed by atoms with Gasteiger partial charge in [-0.15, -0.1) is 0 Å². The maximum atomic E-state index is 12.9. The Morgan fingerprint density at radius 2 is 1.86 bits per heavy atom. The van der Waals surface area contributed by atoms with Crippen molar-refractivity contribution in [3.8, 4) is 5.69 Å². The van der Waals surface area contributed by atoms with E-state index in [-0.39, 0.29) is 5.69 Å². The van der Waals surface area contributed by atoms with E-state index >= 15 is 0 Å². The Morgan fingerprint density at radius 3 is 2.64 bits per heavy atom. The van der Waals surface area contributed by atoms with Crippen molar-refractivity contribution in [2.24, 2.45) is 0 Å². The molecular formula is C21H18N6O. The summed E-state index contributed by atoms with van der Waals surface area (Å²) in [6.07, 6.45) is 1.70. The zero-order valence-corrected chi connectivity index (χ0v) is 15.3. The van der Waals surface area contributed by atoms with Gasteiger partial charge in [0.15, 0.2) is 5.65 Å². The van der Waals surface area contributed by atoms with Crippen molar-refractivity contribution in [3.63, 3.8) is 0 Å². The lowest BCUT2D eigenvalue weighted by Crippen LogP contribution is -2.22. The van der Waals surface area contributed by atoms with Gasteiger partial charge in [0.2, 0.25) is 5.95 Å². The molecule has 28 heavy (non-hydrogen) atoms. The Hall–Kier alpha value is -3.87. The number of H-pyrrole nitrogens is 1. The monoisotopic (exact) mass is 370 g/mol. The largest absolute Gasteiger partial charge is 0.334 e. The predicted octanol–water partition coefficient (Wildman–Crippen LogP) is 3.83. The minimum atomic E-state index is -0.0887. The highest BCUT2D eigenvalue weighted by Gasteiger charge is 2.14. The predicted molar refractivity (Wildman–Crippen MR) is 110 cm³/mol. The smallest absolute Gasteiger partial charge is 0.326 e. The molecule has 0 atom stereocenters. The van der Waals surface area contributed by atoms with Crippen LogP contribution in [0.5, 0.6) is 0 Å². The molecule has 0 aliphatic rings. The van der Waals surface area contributed by atoms with Crippen molar-refractivity contribution in [3.05, 3.63) is 77.3 Å². The van der Waals surface area contributed by atoms with Crippen LogP contribution in [0.25, 0.3) is 27.9 Å². The van der Waals surface area contributed by atoms with E-state index in [9.17, 15) is 4.79 Å². The SMILES string of the molecule is CCn1c(=O)n(-c2ccc(Nc3nc4ccccc4[nH]3)cc2)c2ncccc21. The summed E-state index contributed by atoms with van der Waals surface area (Å²) >= 11 is 0. The highest BCUT2D eigenvalue weighted by Crippen LogP contribution is 2.21. The van der Waals surface area contributed by atoms with E-state index in [4.69, 9.17) is 0 Å². The van der Waals surface area contributed by atoms with Crippen molar-refractivity contribution in [1.29, 1.82) is 0 Å². The van der Waals surface area contributed by atoms with Crippen LogP contribution in [0.1, 0.15) is 6.92 Å². The summed E-state index contributed by atoms with van der Waals surface area (Å²) in [4.78, 5) is 25.0. The maximum Gasteiger partial charge on any atom is 0.334 e. The molecule has 0 aliphatic carbocycles. The molecule has 0 saturated heterocycles. The minimum Gasteiger partial charge on any atom is -0.326 e. The lowest BCUT2D eigenvalue weighted by molar-refractivity contribution is 0.734. The van der Waals surface area contributed by atoms with Crippen LogP contribution in [0.15, 0.2) is 71.7 Å². The number of hydrogen-bond acceptors (Lipinski definition) is 4. The fraction of sp³-hybridized carbons (Fsp3) is 0.0952. The lowest BCUT2D eigenvalue weighted by Gasteiger charge is -2.06. The topological polar surface area (TPSA) is 80.5 Å². The first-order chi connectivity index (χ1) is 13.7. The molecule has 2 N–H and O–H groups in total. The Kier molecular flexibility index (Phi) is 3.72. The number of para-hydroxylation sites is 2. The molecule has 0 amide bonds. The number of aromatic amines is 1. The lowest BCUT2D eigenvalue weighted by atomic mass is 10.2. The zero-order valence-electron chi connectivity index (χ0n) is 15.3. The van der Waals surface area contributed by atoms with Crippen LogP contribution in [0, 0.1) is 0 Å². The Balaban J connectivity index is 1.51. The van der Waals surface area contributed by atoms with Crippen molar-refractivity contribution in [1.82, 2.24) is 24.1 Å². The van der Waals surface area contributed by atoms with Gasteiger partial charge in [-0.25, -0.2) is 19.3 Å². The average Bonchev–Trinajstić information content (AvgIpc) is 3.25. The van der Waals surface area contributed by atoms with Gasteiger partial charge < -0.3 is 10.3 Å². The molecule has 2 aromatic carbocycles. The molecule has 138 valence electrons. The van der Waals surface area contributed by atoms with Crippen LogP contribution in [0.4, 0.5) is 11.6 Å². The van der Waals surface area contributed by atoms with E-state index in [1.807, 2.05) is 67.6 Å². The number of rotatable bonds is 4. The third kappa shape index (κ3) is 2.56. The molecule has 7 heteroatoms. The molecule has 0 bridgehead atoms. The molecule has 0 unspecified atom stereocenters.